The average molecular weight is 473 g/mol. The molecule has 2 aromatic rings. The SMILES string of the molecule is CC[C@@H](OC(C)C)N1CCC2(CCN(c3ncnc(Nc4ccc(N)cc4Cl)c3C)C2)CC1. The number of likely N-dealkylation sites (tertiary alicyclic amines) is 1. The summed E-state index contributed by atoms with van der Waals surface area (Å²) in [6.07, 6.45) is 6.79. The van der Waals surface area contributed by atoms with Gasteiger partial charge in [0.15, 0.2) is 0 Å². The lowest BCUT2D eigenvalue weighted by Gasteiger charge is -2.42. The highest BCUT2D eigenvalue weighted by Crippen LogP contribution is 2.43. The van der Waals surface area contributed by atoms with E-state index >= 15 is 0 Å². The summed E-state index contributed by atoms with van der Waals surface area (Å²) in [5.41, 5.74) is 8.65. The number of rotatable bonds is 7. The van der Waals surface area contributed by atoms with Gasteiger partial charge in [0.2, 0.25) is 0 Å². The second-order valence-corrected chi connectivity index (χ2v) is 10.2. The Morgan fingerprint density at radius 1 is 1.18 bits per heavy atom. The number of anilines is 4. The van der Waals surface area contributed by atoms with Crippen LogP contribution in [0.5, 0.6) is 0 Å². The van der Waals surface area contributed by atoms with Gasteiger partial charge in [0.1, 0.15) is 24.2 Å². The molecule has 8 heteroatoms. The Labute approximate surface area is 202 Å². The molecule has 7 nitrogen and oxygen atoms in total. The van der Waals surface area contributed by atoms with Crippen molar-refractivity contribution < 1.29 is 4.74 Å². The van der Waals surface area contributed by atoms with Crippen molar-refractivity contribution >= 4 is 34.6 Å². The van der Waals surface area contributed by atoms with Gasteiger partial charge in [0, 0.05) is 37.4 Å². The molecule has 0 bridgehead atoms. The number of hydrogen-bond acceptors (Lipinski definition) is 7. The fourth-order valence-electron chi connectivity index (χ4n) is 5.21. The van der Waals surface area contributed by atoms with E-state index in [-0.39, 0.29) is 12.3 Å². The summed E-state index contributed by atoms with van der Waals surface area (Å²) < 4.78 is 6.15. The van der Waals surface area contributed by atoms with Crippen LogP contribution in [-0.2, 0) is 4.74 Å². The molecular weight excluding hydrogens is 436 g/mol. The van der Waals surface area contributed by atoms with Gasteiger partial charge in [-0.3, -0.25) is 4.90 Å². The number of aromatic nitrogens is 2. The van der Waals surface area contributed by atoms with Crippen LogP contribution in [0.15, 0.2) is 24.5 Å². The van der Waals surface area contributed by atoms with Crippen molar-refractivity contribution in [2.45, 2.75) is 65.7 Å². The lowest BCUT2D eigenvalue weighted by Crippen LogP contribution is -2.47. The third-order valence-corrected chi connectivity index (χ3v) is 7.40. The highest BCUT2D eigenvalue weighted by Gasteiger charge is 2.42. The standard InChI is InChI=1S/C25H37ClN6O/c1-5-22(33-17(2)3)31-11-8-25(9-12-31)10-13-32(15-25)24-18(4)23(28-16-29-24)30-21-7-6-19(27)14-20(21)26/h6-7,14,16-17,22H,5,8-13,15,27H2,1-4H3,(H,28,29,30)/t22-/m1/s1. The fraction of sp³-hybridized carbons (Fsp3) is 0.600. The fourth-order valence-corrected chi connectivity index (χ4v) is 5.45. The van der Waals surface area contributed by atoms with Crippen molar-refractivity contribution in [3.8, 4) is 0 Å². The van der Waals surface area contributed by atoms with Gasteiger partial charge in [-0.25, -0.2) is 9.97 Å². The van der Waals surface area contributed by atoms with E-state index in [0.29, 0.717) is 16.1 Å². The van der Waals surface area contributed by atoms with E-state index in [1.807, 2.05) is 12.1 Å². The van der Waals surface area contributed by atoms with Gasteiger partial charge >= 0.3 is 0 Å². The van der Waals surface area contributed by atoms with Gasteiger partial charge in [-0.1, -0.05) is 18.5 Å². The van der Waals surface area contributed by atoms with Crippen LogP contribution in [0, 0.1) is 12.3 Å². The summed E-state index contributed by atoms with van der Waals surface area (Å²) in [7, 11) is 0. The van der Waals surface area contributed by atoms with Gasteiger partial charge < -0.3 is 20.7 Å². The molecule has 2 aliphatic rings. The zero-order valence-corrected chi connectivity index (χ0v) is 21.0. The normalized spacial score (nSPS) is 19.4. The predicted octanol–water partition coefficient (Wildman–Crippen LogP) is 5.22. The quantitative estimate of drug-likeness (QED) is 0.535. The van der Waals surface area contributed by atoms with Crippen LogP contribution in [0.4, 0.5) is 23.0 Å². The zero-order valence-electron chi connectivity index (χ0n) is 20.3. The number of nitrogen functional groups attached to an aromatic ring is 1. The molecule has 180 valence electrons. The molecule has 4 rings (SSSR count). The zero-order chi connectivity index (χ0) is 23.6. The van der Waals surface area contributed by atoms with Gasteiger partial charge in [0.25, 0.3) is 0 Å². The molecule has 0 unspecified atom stereocenters. The van der Waals surface area contributed by atoms with Crippen LogP contribution in [-0.4, -0.2) is 53.4 Å². The Balaban J connectivity index is 1.43. The van der Waals surface area contributed by atoms with Crippen molar-refractivity contribution in [2.24, 2.45) is 5.41 Å². The summed E-state index contributed by atoms with van der Waals surface area (Å²) >= 11 is 6.36. The lowest BCUT2D eigenvalue weighted by atomic mass is 9.77. The molecule has 1 atom stereocenters. The van der Waals surface area contributed by atoms with Crippen LogP contribution in [0.2, 0.25) is 5.02 Å². The van der Waals surface area contributed by atoms with Gasteiger partial charge in [-0.2, -0.15) is 0 Å². The van der Waals surface area contributed by atoms with Crippen LogP contribution < -0.4 is 16.0 Å². The number of halogens is 1. The number of nitrogens with two attached hydrogens (primary N) is 1. The molecule has 1 aromatic carbocycles. The summed E-state index contributed by atoms with van der Waals surface area (Å²) in [5.74, 6) is 1.78. The van der Waals surface area contributed by atoms with E-state index < -0.39 is 0 Å². The van der Waals surface area contributed by atoms with Crippen molar-refractivity contribution in [1.82, 2.24) is 14.9 Å². The molecule has 0 aliphatic carbocycles. The molecule has 0 radical (unpaired) electrons. The smallest absolute Gasteiger partial charge is 0.138 e. The minimum Gasteiger partial charge on any atom is -0.399 e. The predicted molar refractivity (Wildman–Crippen MR) is 136 cm³/mol. The van der Waals surface area contributed by atoms with Crippen molar-refractivity contribution in [1.29, 1.82) is 0 Å². The minimum absolute atomic E-state index is 0.234. The van der Waals surface area contributed by atoms with Crippen LogP contribution in [0.25, 0.3) is 0 Å². The average Bonchev–Trinajstić information content (AvgIpc) is 3.19. The first-order valence-corrected chi connectivity index (χ1v) is 12.5. The largest absolute Gasteiger partial charge is 0.399 e. The maximum atomic E-state index is 6.36. The number of ether oxygens (including phenoxy) is 1. The molecule has 3 N–H and O–H groups in total. The second-order valence-electron chi connectivity index (χ2n) is 9.79. The Bertz CT molecular complexity index is 960. The molecule has 33 heavy (non-hydrogen) atoms. The summed E-state index contributed by atoms with van der Waals surface area (Å²) in [5, 5.41) is 3.93. The van der Waals surface area contributed by atoms with Gasteiger partial charge in [0.05, 0.1) is 16.8 Å². The highest BCUT2D eigenvalue weighted by atomic mass is 35.5. The van der Waals surface area contributed by atoms with E-state index in [1.165, 1.54) is 19.3 Å². The number of nitrogens with zero attached hydrogens (tertiary/aromatic N) is 4. The lowest BCUT2D eigenvalue weighted by molar-refractivity contribution is -0.105. The first-order valence-electron chi connectivity index (χ1n) is 12.1. The first-order chi connectivity index (χ1) is 15.8. The number of nitrogens with one attached hydrogen (secondary N) is 1. The molecule has 0 amide bonds. The second kappa shape index (κ2) is 10.0. The molecule has 3 heterocycles. The molecule has 2 fully saturated rings. The molecule has 1 spiro atoms. The molecule has 2 saturated heterocycles. The third-order valence-electron chi connectivity index (χ3n) is 7.09. The summed E-state index contributed by atoms with van der Waals surface area (Å²) in [4.78, 5) is 14.1. The van der Waals surface area contributed by atoms with Gasteiger partial charge in [-0.05, 0) is 70.1 Å². The van der Waals surface area contributed by atoms with E-state index in [4.69, 9.17) is 22.1 Å². The first kappa shape index (κ1) is 24.0. The Morgan fingerprint density at radius 3 is 2.58 bits per heavy atom. The van der Waals surface area contributed by atoms with Crippen molar-refractivity contribution in [2.75, 3.05) is 42.1 Å². The monoisotopic (exact) mass is 472 g/mol. The van der Waals surface area contributed by atoms with E-state index in [0.717, 1.165) is 55.5 Å². The van der Waals surface area contributed by atoms with Crippen LogP contribution >= 0.6 is 11.6 Å². The van der Waals surface area contributed by atoms with Gasteiger partial charge in [-0.15, -0.1) is 0 Å². The maximum Gasteiger partial charge on any atom is 0.138 e. The van der Waals surface area contributed by atoms with Crippen LogP contribution in [0.3, 0.4) is 0 Å². The summed E-state index contributed by atoms with van der Waals surface area (Å²) in [6.45, 7) is 12.8. The molecule has 1 aromatic heterocycles. The molecular formula is C25H37ClN6O. The Kier molecular flexibility index (Phi) is 7.31. The van der Waals surface area contributed by atoms with Crippen LogP contribution in [0.1, 0.15) is 52.0 Å². The summed E-state index contributed by atoms with van der Waals surface area (Å²) in [6, 6.07) is 5.45. The van der Waals surface area contributed by atoms with Crippen molar-refractivity contribution in [3.63, 3.8) is 0 Å². The van der Waals surface area contributed by atoms with E-state index in [1.54, 1.807) is 12.4 Å². The number of hydrogen-bond donors (Lipinski definition) is 2. The number of benzene rings is 1. The highest BCUT2D eigenvalue weighted by molar-refractivity contribution is 6.33. The Morgan fingerprint density at radius 2 is 1.91 bits per heavy atom. The molecule has 0 saturated carbocycles. The van der Waals surface area contributed by atoms with E-state index in [9.17, 15) is 0 Å². The van der Waals surface area contributed by atoms with E-state index in [2.05, 4.69) is 52.8 Å². The topological polar surface area (TPSA) is 79.5 Å². The number of piperidine rings is 1. The van der Waals surface area contributed by atoms with Crippen molar-refractivity contribution in [3.05, 3.63) is 35.1 Å². The molecule has 2 aliphatic heterocycles. The minimum atomic E-state index is 0.234. The third kappa shape index (κ3) is 5.36. The maximum absolute atomic E-state index is 6.36. The Hall–Kier alpha value is -2.09.